The molecule has 1 N–H and O–H groups in total. The largest absolute Gasteiger partial charge is 0.310 e. The molecule has 0 spiro atoms. The van der Waals surface area contributed by atoms with Crippen LogP contribution in [0.1, 0.15) is 63.5 Å². The van der Waals surface area contributed by atoms with Crippen molar-refractivity contribution in [1.82, 2.24) is 5.32 Å². The third-order valence-electron chi connectivity index (χ3n) is 4.27. The Kier molecular flexibility index (Phi) is 6.31. The van der Waals surface area contributed by atoms with Gasteiger partial charge in [-0.3, -0.25) is 0 Å². The fraction of sp³-hybridized carbons (Fsp3) is 0.647. The van der Waals surface area contributed by atoms with Gasteiger partial charge in [-0.15, -0.1) is 0 Å². The summed E-state index contributed by atoms with van der Waals surface area (Å²) in [5.74, 6) is 0.551. The molecule has 1 fully saturated rings. The Morgan fingerprint density at radius 2 is 2.05 bits per heavy atom. The summed E-state index contributed by atoms with van der Waals surface area (Å²) in [6.07, 6.45) is 8.70. The normalized spacial score (nSPS) is 18.1. The van der Waals surface area contributed by atoms with E-state index in [0.29, 0.717) is 5.02 Å². The van der Waals surface area contributed by atoms with E-state index in [-0.39, 0.29) is 11.9 Å². The van der Waals surface area contributed by atoms with Gasteiger partial charge in [-0.05, 0) is 37.4 Å². The predicted octanol–water partition coefficient (Wildman–Crippen LogP) is 5.49. The Bertz CT molecular complexity index is 415. The van der Waals surface area contributed by atoms with E-state index in [1.165, 1.54) is 38.2 Å². The Hall–Kier alpha value is -0.600. The second-order valence-corrected chi connectivity index (χ2v) is 6.35. The average Bonchev–Trinajstić information content (AvgIpc) is 2.45. The van der Waals surface area contributed by atoms with Crippen molar-refractivity contribution in [3.05, 3.63) is 34.6 Å². The minimum Gasteiger partial charge on any atom is -0.310 e. The van der Waals surface area contributed by atoms with Gasteiger partial charge in [-0.25, -0.2) is 4.39 Å². The maximum atomic E-state index is 14.2. The summed E-state index contributed by atoms with van der Waals surface area (Å²) in [4.78, 5) is 0. The highest BCUT2D eigenvalue weighted by Crippen LogP contribution is 2.33. The predicted molar refractivity (Wildman–Crippen MR) is 83.6 cm³/mol. The Labute approximate surface area is 126 Å². The monoisotopic (exact) mass is 297 g/mol. The highest BCUT2D eigenvalue weighted by atomic mass is 35.5. The van der Waals surface area contributed by atoms with Gasteiger partial charge in [0.2, 0.25) is 0 Å². The molecule has 1 atom stereocenters. The molecule has 1 aliphatic carbocycles. The molecule has 3 heteroatoms. The van der Waals surface area contributed by atoms with Crippen molar-refractivity contribution in [2.45, 2.75) is 57.9 Å². The lowest BCUT2D eigenvalue weighted by molar-refractivity contribution is 0.297. The van der Waals surface area contributed by atoms with E-state index < -0.39 is 0 Å². The fourth-order valence-corrected chi connectivity index (χ4v) is 3.34. The van der Waals surface area contributed by atoms with E-state index in [4.69, 9.17) is 11.6 Å². The second kappa shape index (κ2) is 7.99. The second-order valence-electron chi connectivity index (χ2n) is 5.91. The molecule has 0 amide bonds. The summed E-state index contributed by atoms with van der Waals surface area (Å²) < 4.78 is 14.2. The molecule has 0 bridgehead atoms. The first-order chi connectivity index (χ1) is 9.70. The molecule has 1 aromatic rings. The number of benzene rings is 1. The Morgan fingerprint density at radius 3 is 2.70 bits per heavy atom. The maximum absolute atomic E-state index is 14.2. The summed E-state index contributed by atoms with van der Waals surface area (Å²) in [5, 5.41) is 3.98. The van der Waals surface area contributed by atoms with E-state index in [0.717, 1.165) is 30.9 Å². The van der Waals surface area contributed by atoms with Crippen molar-refractivity contribution in [2.75, 3.05) is 6.54 Å². The topological polar surface area (TPSA) is 12.0 Å². The zero-order valence-corrected chi connectivity index (χ0v) is 13.1. The molecule has 0 saturated heterocycles. The first-order valence-electron chi connectivity index (χ1n) is 7.89. The van der Waals surface area contributed by atoms with Crippen LogP contribution in [0.4, 0.5) is 4.39 Å². The van der Waals surface area contributed by atoms with Crippen molar-refractivity contribution in [1.29, 1.82) is 0 Å². The smallest absolute Gasteiger partial charge is 0.129 e. The fourth-order valence-electron chi connectivity index (χ4n) is 3.18. The van der Waals surface area contributed by atoms with Crippen LogP contribution in [0.3, 0.4) is 0 Å². The van der Waals surface area contributed by atoms with Crippen molar-refractivity contribution < 1.29 is 4.39 Å². The first kappa shape index (κ1) is 15.8. The lowest BCUT2D eigenvalue weighted by Crippen LogP contribution is -2.26. The van der Waals surface area contributed by atoms with Gasteiger partial charge in [0, 0.05) is 16.6 Å². The molecule has 1 unspecified atom stereocenters. The van der Waals surface area contributed by atoms with Gasteiger partial charge in [-0.2, -0.15) is 0 Å². The minimum atomic E-state index is -0.179. The number of rotatable bonds is 6. The molecule has 0 aliphatic heterocycles. The van der Waals surface area contributed by atoms with Crippen LogP contribution in [0.5, 0.6) is 0 Å². The lowest BCUT2D eigenvalue weighted by Gasteiger charge is -2.28. The average molecular weight is 298 g/mol. The zero-order chi connectivity index (χ0) is 14.4. The first-order valence-corrected chi connectivity index (χ1v) is 8.26. The van der Waals surface area contributed by atoms with E-state index in [9.17, 15) is 4.39 Å². The van der Waals surface area contributed by atoms with Crippen molar-refractivity contribution in [3.8, 4) is 0 Å². The van der Waals surface area contributed by atoms with Gasteiger partial charge < -0.3 is 5.32 Å². The summed E-state index contributed by atoms with van der Waals surface area (Å²) in [7, 11) is 0. The molecule has 1 saturated carbocycles. The van der Waals surface area contributed by atoms with Crippen LogP contribution in [-0.2, 0) is 0 Å². The Morgan fingerprint density at radius 1 is 1.30 bits per heavy atom. The standard InChI is InChI=1S/C17H25ClFN/c1-2-10-20-17(11-13-6-4-3-5-7-13)15-9-8-14(18)12-16(15)19/h8-9,12-13,17,20H,2-7,10-11H2,1H3. The Balaban J connectivity index is 2.08. The van der Waals surface area contributed by atoms with Crippen molar-refractivity contribution in [3.63, 3.8) is 0 Å². The van der Waals surface area contributed by atoms with E-state index in [2.05, 4.69) is 12.2 Å². The quantitative estimate of drug-likeness (QED) is 0.732. The molecule has 0 radical (unpaired) electrons. The van der Waals surface area contributed by atoms with Crippen LogP contribution in [0, 0.1) is 11.7 Å². The molecule has 20 heavy (non-hydrogen) atoms. The molecule has 0 heterocycles. The number of halogens is 2. The van der Waals surface area contributed by atoms with Gasteiger partial charge in [0.15, 0.2) is 0 Å². The molecule has 0 aromatic heterocycles. The van der Waals surface area contributed by atoms with E-state index in [1.807, 2.05) is 6.07 Å². The molecule has 1 nitrogen and oxygen atoms in total. The number of hydrogen-bond acceptors (Lipinski definition) is 1. The van der Waals surface area contributed by atoms with Crippen LogP contribution in [0.25, 0.3) is 0 Å². The highest BCUT2D eigenvalue weighted by molar-refractivity contribution is 6.30. The molecule has 1 aromatic carbocycles. The summed E-state index contributed by atoms with van der Waals surface area (Å²) >= 11 is 5.86. The van der Waals surface area contributed by atoms with E-state index in [1.54, 1.807) is 6.07 Å². The van der Waals surface area contributed by atoms with Crippen molar-refractivity contribution >= 4 is 11.6 Å². The third-order valence-corrected chi connectivity index (χ3v) is 4.51. The minimum absolute atomic E-state index is 0.121. The number of hydrogen-bond donors (Lipinski definition) is 1. The van der Waals surface area contributed by atoms with Gasteiger partial charge in [0.1, 0.15) is 5.82 Å². The van der Waals surface area contributed by atoms with Crippen LogP contribution in [0.15, 0.2) is 18.2 Å². The summed E-state index contributed by atoms with van der Waals surface area (Å²) in [5.41, 5.74) is 0.772. The highest BCUT2D eigenvalue weighted by Gasteiger charge is 2.22. The zero-order valence-electron chi connectivity index (χ0n) is 12.3. The van der Waals surface area contributed by atoms with Gasteiger partial charge >= 0.3 is 0 Å². The molecule has 1 aliphatic rings. The van der Waals surface area contributed by atoms with Gasteiger partial charge in [0.05, 0.1) is 0 Å². The maximum Gasteiger partial charge on any atom is 0.129 e. The van der Waals surface area contributed by atoms with Crippen LogP contribution >= 0.6 is 11.6 Å². The summed E-state index contributed by atoms with van der Waals surface area (Å²) in [6.45, 7) is 3.07. The molecular weight excluding hydrogens is 273 g/mol. The van der Waals surface area contributed by atoms with Crippen LogP contribution in [-0.4, -0.2) is 6.54 Å². The van der Waals surface area contributed by atoms with Gasteiger partial charge in [-0.1, -0.05) is 56.7 Å². The third kappa shape index (κ3) is 4.46. The molecule has 112 valence electrons. The SMILES string of the molecule is CCCNC(CC1CCCCC1)c1ccc(Cl)cc1F. The summed E-state index contributed by atoms with van der Waals surface area (Å²) in [6, 6.07) is 5.18. The molecule has 2 rings (SSSR count). The van der Waals surface area contributed by atoms with Gasteiger partial charge in [0.25, 0.3) is 0 Å². The lowest BCUT2D eigenvalue weighted by atomic mass is 9.83. The van der Waals surface area contributed by atoms with Crippen molar-refractivity contribution in [2.24, 2.45) is 5.92 Å². The molecular formula is C17H25ClFN. The number of nitrogens with one attached hydrogen (secondary N) is 1. The van der Waals surface area contributed by atoms with Crippen LogP contribution < -0.4 is 5.32 Å². The van der Waals surface area contributed by atoms with Crippen LogP contribution in [0.2, 0.25) is 5.02 Å². The van der Waals surface area contributed by atoms with E-state index >= 15 is 0 Å².